The fourth-order valence-corrected chi connectivity index (χ4v) is 3.34. The Hall–Kier alpha value is -3.81. The van der Waals surface area contributed by atoms with Crippen molar-refractivity contribution in [3.63, 3.8) is 0 Å². The van der Waals surface area contributed by atoms with Crippen LogP contribution in [0.5, 0.6) is 5.75 Å². The Bertz CT molecular complexity index is 1050. The maximum absolute atomic E-state index is 12.4. The highest BCUT2D eigenvalue weighted by Crippen LogP contribution is 2.28. The van der Waals surface area contributed by atoms with E-state index < -0.39 is 11.7 Å². The molecule has 33 heavy (non-hydrogen) atoms. The number of hydrogen-bond donors (Lipinski definition) is 2. The van der Waals surface area contributed by atoms with Crippen LogP contribution in [0.25, 0.3) is 6.08 Å². The lowest BCUT2D eigenvalue weighted by atomic mass is 10.2. The average Bonchev–Trinajstić information content (AvgIpc) is 3.17. The molecule has 1 aliphatic heterocycles. The van der Waals surface area contributed by atoms with Gasteiger partial charge in [0.25, 0.3) is 0 Å². The second kappa shape index (κ2) is 10.2. The number of rotatable bonds is 6. The van der Waals surface area contributed by atoms with Gasteiger partial charge >= 0.3 is 6.09 Å². The first-order valence-electron chi connectivity index (χ1n) is 10.7. The summed E-state index contributed by atoms with van der Waals surface area (Å²) in [5.41, 5.74) is 1.92. The van der Waals surface area contributed by atoms with Crippen LogP contribution in [0.3, 0.4) is 0 Å². The minimum atomic E-state index is -0.643. The highest BCUT2D eigenvalue weighted by molar-refractivity contribution is 6.02. The summed E-state index contributed by atoms with van der Waals surface area (Å²) >= 11 is 0. The van der Waals surface area contributed by atoms with E-state index in [9.17, 15) is 14.4 Å². The molecule has 1 aliphatic rings. The summed E-state index contributed by atoms with van der Waals surface area (Å²) < 4.78 is 10.5. The molecule has 1 saturated heterocycles. The molecule has 0 saturated carbocycles. The van der Waals surface area contributed by atoms with Gasteiger partial charge in [-0.15, -0.1) is 0 Å². The van der Waals surface area contributed by atoms with Gasteiger partial charge in [-0.1, -0.05) is 12.1 Å². The van der Waals surface area contributed by atoms with Gasteiger partial charge in [-0.05, 0) is 69.2 Å². The smallest absolute Gasteiger partial charge is 0.412 e. The Balaban J connectivity index is 1.63. The molecule has 3 amide bonds. The molecular formula is C25H29N3O5. The molecule has 8 nitrogen and oxygen atoms in total. The Labute approximate surface area is 193 Å². The minimum Gasteiger partial charge on any atom is -0.495 e. The number of hydrogen-bond acceptors (Lipinski definition) is 5. The molecule has 174 valence electrons. The van der Waals surface area contributed by atoms with Crippen LogP contribution in [-0.4, -0.2) is 37.2 Å². The van der Waals surface area contributed by atoms with Crippen molar-refractivity contribution in [2.75, 3.05) is 29.2 Å². The van der Waals surface area contributed by atoms with Crippen molar-refractivity contribution in [1.82, 2.24) is 0 Å². The molecule has 0 aliphatic carbocycles. The molecule has 0 radical (unpaired) electrons. The van der Waals surface area contributed by atoms with E-state index in [1.807, 2.05) is 24.3 Å². The first-order valence-corrected chi connectivity index (χ1v) is 10.7. The Morgan fingerprint density at radius 2 is 1.79 bits per heavy atom. The van der Waals surface area contributed by atoms with Gasteiger partial charge in [0, 0.05) is 30.4 Å². The summed E-state index contributed by atoms with van der Waals surface area (Å²) in [5, 5.41) is 5.40. The third kappa shape index (κ3) is 6.83. The Morgan fingerprint density at radius 3 is 2.39 bits per heavy atom. The lowest BCUT2D eigenvalue weighted by Gasteiger charge is -2.20. The number of ether oxygens (including phenoxy) is 2. The average molecular weight is 452 g/mol. The molecule has 3 rings (SSSR count). The Kier molecular flexibility index (Phi) is 7.37. The van der Waals surface area contributed by atoms with Gasteiger partial charge in [0.05, 0.1) is 12.8 Å². The maximum atomic E-state index is 12.4. The maximum Gasteiger partial charge on any atom is 0.412 e. The van der Waals surface area contributed by atoms with Crippen LogP contribution in [0.2, 0.25) is 0 Å². The molecule has 2 N–H and O–H groups in total. The second-order valence-corrected chi connectivity index (χ2v) is 8.61. The van der Waals surface area contributed by atoms with E-state index in [1.165, 1.54) is 13.2 Å². The fraction of sp³-hybridized carbons (Fsp3) is 0.320. The van der Waals surface area contributed by atoms with Crippen LogP contribution < -0.4 is 20.3 Å². The molecule has 2 aromatic rings. The normalized spacial score (nSPS) is 13.8. The number of amides is 3. The molecule has 2 aromatic carbocycles. The van der Waals surface area contributed by atoms with Crippen LogP contribution in [-0.2, 0) is 14.3 Å². The molecular weight excluding hydrogens is 422 g/mol. The number of carbonyl (C=O) groups excluding carboxylic acids is 3. The van der Waals surface area contributed by atoms with Crippen molar-refractivity contribution < 1.29 is 23.9 Å². The van der Waals surface area contributed by atoms with E-state index in [1.54, 1.807) is 49.9 Å². The van der Waals surface area contributed by atoms with E-state index in [4.69, 9.17) is 9.47 Å². The lowest BCUT2D eigenvalue weighted by molar-refractivity contribution is -0.117. The topological polar surface area (TPSA) is 97.0 Å². The molecule has 1 fully saturated rings. The predicted molar refractivity (Wildman–Crippen MR) is 129 cm³/mol. The highest BCUT2D eigenvalue weighted by atomic mass is 16.6. The first-order chi connectivity index (χ1) is 15.6. The van der Waals surface area contributed by atoms with Gasteiger partial charge < -0.3 is 19.7 Å². The molecule has 0 bridgehead atoms. The predicted octanol–water partition coefficient (Wildman–Crippen LogP) is 4.82. The van der Waals surface area contributed by atoms with Crippen LogP contribution in [0.4, 0.5) is 21.9 Å². The zero-order valence-electron chi connectivity index (χ0n) is 19.3. The zero-order valence-corrected chi connectivity index (χ0v) is 19.3. The van der Waals surface area contributed by atoms with Crippen molar-refractivity contribution in [2.45, 2.75) is 39.2 Å². The second-order valence-electron chi connectivity index (χ2n) is 8.61. The molecule has 0 atom stereocenters. The van der Waals surface area contributed by atoms with E-state index in [0.717, 1.165) is 24.2 Å². The number of nitrogens with zero attached hydrogens (tertiary/aromatic N) is 1. The fourth-order valence-electron chi connectivity index (χ4n) is 3.34. The summed E-state index contributed by atoms with van der Waals surface area (Å²) in [6.45, 7) is 6.05. The number of anilines is 3. The van der Waals surface area contributed by atoms with Crippen molar-refractivity contribution in [3.05, 3.63) is 54.1 Å². The number of carbonyl (C=O) groups is 3. The van der Waals surface area contributed by atoms with Gasteiger partial charge in [0.1, 0.15) is 11.4 Å². The van der Waals surface area contributed by atoms with Crippen LogP contribution in [0.1, 0.15) is 39.2 Å². The summed E-state index contributed by atoms with van der Waals surface area (Å²) in [5.74, 6) is 0.242. The molecule has 0 unspecified atom stereocenters. The summed E-state index contributed by atoms with van der Waals surface area (Å²) in [7, 11) is 1.49. The van der Waals surface area contributed by atoms with E-state index in [0.29, 0.717) is 23.5 Å². The Morgan fingerprint density at radius 1 is 1.06 bits per heavy atom. The van der Waals surface area contributed by atoms with Gasteiger partial charge in [-0.2, -0.15) is 0 Å². The van der Waals surface area contributed by atoms with Crippen LogP contribution in [0.15, 0.2) is 48.5 Å². The summed E-state index contributed by atoms with van der Waals surface area (Å²) in [6, 6.07) is 12.4. The number of methoxy groups -OCH3 is 1. The van der Waals surface area contributed by atoms with Crippen LogP contribution in [0, 0.1) is 0 Å². The van der Waals surface area contributed by atoms with Gasteiger partial charge in [0.2, 0.25) is 11.8 Å². The van der Waals surface area contributed by atoms with E-state index >= 15 is 0 Å². The molecule has 0 aromatic heterocycles. The quantitative estimate of drug-likeness (QED) is 0.614. The lowest BCUT2D eigenvalue weighted by Crippen LogP contribution is -2.27. The van der Waals surface area contributed by atoms with E-state index in [2.05, 4.69) is 10.6 Å². The van der Waals surface area contributed by atoms with Crippen molar-refractivity contribution in [2.24, 2.45) is 0 Å². The number of nitrogens with one attached hydrogen (secondary N) is 2. The first kappa shape index (κ1) is 23.8. The summed E-state index contributed by atoms with van der Waals surface area (Å²) in [6.07, 6.45) is 3.95. The van der Waals surface area contributed by atoms with E-state index in [-0.39, 0.29) is 11.8 Å². The largest absolute Gasteiger partial charge is 0.495 e. The zero-order chi connectivity index (χ0) is 24.0. The van der Waals surface area contributed by atoms with Crippen molar-refractivity contribution >= 4 is 41.0 Å². The van der Waals surface area contributed by atoms with Gasteiger partial charge in [0.15, 0.2) is 0 Å². The third-order valence-electron chi connectivity index (χ3n) is 4.81. The van der Waals surface area contributed by atoms with Gasteiger partial charge in [-0.25, -0.2) is 4.79 Å². The standard InChI is InChI=1S/C25H29N3O5/c1-25(2,3)33-24(31)27-20-16-18(10-13-21(20)32-4)26-22(29)14-9-17-7-11-19(12-8-17)28-15-5-6-23(28)30/h7-14,16H,5-6,15H2,1-4H3,(H,26,29)(H,27,31)/b14-9+. The van der Waals surface area contributed by atoms with Gasteiger partial charge in [-0.3, -0.25) is 14.9 Å². The SMILES string of the molecule is COc1ccc(NC(=O)/C=C/c2ccc(N3CCCC3=O)cc2)cc1NC(=O)OC(C)(C)C. The van der Waals surface area contributed by atoms with Crippen molar-refractivity contribution in [1.29, 1.82) is 0 Å². The monoisotopic (exact) mass is 451 g/mol. The molecule has 8 heteroatoms. The summed E-state index contributed by atoms with van der Waals surface area (Å²) in [4.78, 5) is 38.1. The van der Waals surface area contributed by atoms with Crippen LogP contribution >= 0.6 is 0 Å². The molecule has 1 heterocycles. The van der Waals surface area contributed by atoms with Crippen molar-refractivity contribution in [3.8, 4) is 5.75 Å². The molecule has 0 spiro atoms. The third-order valence-corrected chi connectivity index (χ3v) is 4.81. The highest BCUT2D eigenvalue weighted by Gasteiger charge is 2.21. The minimum absolute atomic E-state index is 0.137. The number of benzene rings is 2.